The van der Waals surface area contributed by atoms with E-state index in [0.29, 0.717) is 4.90 Å². The lowest BCUT2D eigenvalue weighted by molar-refractivity contribution is 0.439. The number of hydrogen-bond donors (Lipinski definition) is 0. The summed E-state index contributed by atoms with van der Waals surface area (Å²) in [5.41, 5.74) is 3.00. The van der Waals surface area contributed by atoms with E-state index in [2.05, 4.69) is 0 Å². The molecule has 0 radical (unpaired) electrons. The fourth-order valence-electron chi connectivity index (χ4n) is 2.69. The van der Waals surface area contributed by atoms with Crippen molar-refractivity contribution in [3.63, 3.8) is 0 Å². The average Bonchev–Trinajstić information content (AvgIpc) is 2.60. The van der Waals surface area contributed by atoms with Gasteiger partial charge < -0.3 is 0 Å². The predicted octanol–water partition coefficient (Wildman–Crippen LogP) is 2.72. The van der Waals surface area contributed by atoms with Crippen molar-refractivity contribution in [2.24, 2.45) is 0 Å². The van der Waals surface area contributed by atoms with Gasteiger partial charge in [0, 0.05) is 7.05 Å². The van der Waals surface area contributed by atoms with E-state index in [1.54, 1.807) is 19.2 Å². The first-order valence-corrected chi connectivity index (χ1v) is 7.60. The van der Waals surface area contributed by atoms with E-state index in [1.165, 1.54) is 4.31 Å². The second kappa shape index (κ2) is 4.18. The largest absolute Gasteiger partial charge is 0.244 e. The van der Waals surface area contributed by atoms with E-state index in [0.717, 1.165) is 16.7 Å². The number of rotatable bonds is 1. The predicted molar refractivity (Wildman–Crippen MR) is 74.4 cm³/mol. The fourth-order valence-corrected chi connectivity index (χ4v) is 4.23. The maximum Gasteiger partial charge on any atom is 0.244 e. The van der Waals surface area contributed by atoms with Gasteiger partial charge >= 0.3 is 0 Å². The number of fused-ring (bicyclic) bond motifs is 1. The molecule has 0 fully saturated rings. The lowest BCUT2D eigenvalue weighted by atomic mass is 9.95. The van der Waals surface area contributed by atoms with Gasteiger partial charge in [0.05, 0.1) is 10.9 Å². The molecule has 19 heavy (non-hydrogen) atoms. The molecule has 0 N–H and O–H groups in total. The standard InChI is InChI=1S/C15H15NO2S/c1-11-7-3-4-8-12(11)15-13-9-5-6-10-14(13)19(17,18)16(15)2/h3-10,15H,1-2H3. The molecule has 1 aliphatic heterocycles. The Kier molecular flexibility index (Phi) is 2.73. The van der Waals surface area contributed by atoms with Gasteiger partial charge in [-0.3, -0.25) is 0 Å². The minimum Gasteiger partial charge on any atom is -0.207 e. The van der Waals surface area contributed by atoms with Gasteiger partial charge in [0.15, 0.2) is 0 Å². The molecule has 3 rings (SSSR count). The van der Waals surface area contributed by atoms with Crippen molar-refractivity contribution in [1.29, 1.82) is 0 Å². The summed E-state index contributed by atoms with van der Waals surface area (Å²) in [7, 11) is -1.72. The molecular weight excluding hydrogens is 258 g/mol. The Hall–Kier alpha value is -1.65. The Bertz CT molecular complexity index is 737. The van der Waals surface area contributed by atoms with Crippen molar-refractivity contribution >= 4 is 10.0 Å². The van der Waals surface area contributed by atoms with Crippen molar-refractivity contribution < 1.29 is 8.42 Å². The van der Waals surface area contributed by atoms with E-state index in [-0.39, 0.29) is 6.04 Å². The lowest BCUT2D eigenvalue weighted by Crippen LogP contribution is -2.24. The van der Waals surface area contributed by atoms with Gasteiger partial charge in [-0.2, -0.15) is 4.31 Å². The van der Waals surface area contributed by atoms with Crippen LogP contribution >= 0.6 is 0 Å². The molecule has 1 heterocycles. The first-order chi connectivity index (χ1) is 9.03. The number of hydrogen-bond acceptors (Lipinski definition) is 2. The van der Waals surface area contributed by atoms with Crippen LogP contribution in [0, 0.1) is 6.92 Å². The smallest absolute Gasteiger partial charge is 0.207 e. The maximum absolute atomic E-state index is 12.4. The molecule has 4 heteroatoms. The van der Waals surface area contributed by atoms with Gasteiger partial charge in [0.1, 0.15) is 0 Å². The zero-order valence-corrected chi connectivity index (χ0v) is 11.7. The Morgan fingerprint density at radius 2 is 1.53 bits per heavy atom. The van der Waals surface area contributed by atoms with Crippen LogP contribution in [0.25, 0.3) is 0 Å². The third-order valence-electron chi connectivity index (χ3n) is 3.72. The van der Waals surface area contributed by atoms with Crippen molar-refractivity contribution in [2.45, 2.75) is 17.9 Å². The second-order valence-electron chi connectivity index (χ2n) is 4.82. The van der Waals surface area contributed by atoms with E-state index in [4.69, 9.17) is 0 Å². The number of nitrogens with zero attached hydrogens (tertiary/aromatic N) is 1. The minimum absolute atomic E-state index is 0.220. The van der Waals surface area contributed by atoms with Crippen LogP contribution in [0.2, 0.25) is 0 Å². The van der Waals surface area contributed by atoms with Crippen LogP contribution in [0.4, 0.5) is 0 Å². The molecule has 2 aromatic rings. The minimum atomic E-state index is -3.37. The van der Waals surface area contributed by atoms with Crippen molar-refractivity contribution in [3.8, 4) is 0 Å². The summed E-state index contributed by atoms with van der Waals surface area (Å²) < 4.78 is 26.3. The highest BCUT2D eigenvalue weighted by atomic mass is 32.2. The number of sulfonamides is 1. The third kappa shape index (κ3) is 1.71. The molecule has 3 nitrogen and oxygen atoms in total. The van der Waals surface area contributed by atoms with Gasteiger partial charge in [-0.15, -0.1) is 0 Å². The second-order valence-corrected chi connectivity index (χ2v) is 6.78. The highest BCUT2D eigenvalue weighted by Gasteiger charge is 2.40. The van der Waals surface area contributed by atoms with E-state index in [1.807, 2.05) is 43.3 Å². The maximum atomic E-state index is 12.4. The third-order valence-corrected chi connectivity index (χ3v) is 5.61. The van der Waals surface area contributed by atoms with Crippen LogP contribution < -0.4 is 0 Å². The summed E-state index contributed by atoms with van der Waals surface area (Å²) in [6, 6.07) is 14.9. The number of aryl methyl sites for hydroxylation is 1. The summed E-state index contributed by atoms with van der Waals surface area (Å²) in [5.74, 6) is 0. The van der Waals surface area contributed by atoms with Crippen LogP contribution in [0.15, 0.2) is 53.4 Å². The first-order valence-electron chi connectivity index (χ1n) is 6.16. The van der Waals surface area contributed by atoms with Gasteiger partial charge in [-0.25, -0.2) is 8.42 Å². The van der Waals surface area contributed by atoms with Gasteiger partial charge in [0.25, 0.3) is 0 Å². The van der Waals surface area contributed by atoms with Crippen molar-refractivity contribution in [1.82, 2.24) is 4.31 Å². The van der Waals surface area contributed by atoms with Crippen molar-refractivity contribution in [2.75, 3.05) is 7.05 Å². The summed E-state index contributed by atoms with van der Waals surface area (Å²) in [6.45, 7) is 2.01. The molecule has 0 saturated carbocycles. The first kappa shape index (κ1) is 12.4. The quantitative estimate of drug-likeness (QED) is 0.801. The molecule has 0 aliphatic carbocycles. The Balaban J connectivity index is 2.27. The van der Waals surface area contributed by atoms with Gasteiger partial charge in [0.2, 0.25) is 10.0 Å². The van der Waals surface area contributed by atoms with E-state index in [9.17, 15) is 8.42 Å². The monoisotopic (exact) mass is 273 g/mol. The highest BCUT2D eigenvalue weighted by Crippen LogP contribution is 2.42. The zero-order valence-electron chi connectivity index (χ0n) is 10.9. The van der Waals surface area contributed by atoms with Crippen LogP contribution in [0.1, 0.15) is 22.7 Å². The average molecular weight is 273 g/mol. The van der Waals surface area contributed by atoms with Crippen LogP contribution in [-0.4, -0.2) is 19.8 Å². The topological polar surface area (TPSA) is 37.4 Å². The molecule has 0 bridgehead atoms. The van der Waals surface area contributed by atoms with Crippen LogP contribution in [-0.2, 0) is 10.0 Å². The molecule has 0 spiro atoms. The summed E-state index contributed by atoms with van der Waals surface area (Å²) in [5, 5.41) is 0. The fraction of sp³-hybridized carbons (Fsp3) is 0.200. The molecular formula is C15H15NO2S. The van der Waals surface area contributed by atoms with E-state index >= 15 is 0 Å². The Morgan fingerprint density at radius 1 is 0.947 bits per heavy atom. The molecule has 0 aromatic heterocycles. The van der Waals surface area contributed by atoms with Crippen LogP contribution in [0.3, 0.4) is 0 Å². The molecule has 1 aliphatic rings. The molecule has 2 aromatic carbocycles. The Labute approximate surface area is 113 Å². The molecule has 1 atom stereocenters. The highest BCUT2D eigenvalue weighted by molar-refractivity contribution is 7.89. The molecule has 0 amide bonds. The van der Waals surface area contributed by atoms with Gasteiger partial charge in [-0.1, -0.05) is 42.5 Å². The van der Waals surface area contributed by atoms with Crippen LogP contribution in [0.5, 0.6) is 0 Å². The van der Waals surface area contributed by atoms with Gasteiger partial charge in [-0.05, 0) is 29.7 Å². The summed E-state index contributed by atoms with van der Waals surface area (Å²) in [4.78, 5) is 0.422. The van der Waals surface area contributed by atoms with Crippen molar-refractivity contribution in [3.05, 3.63) is 65.2 Å². The Morgan fingerprint density at radius 3 is 2.21 bits per heavy atom. The molecule has 0 saturated heterocycles. The summed E-state index contributed by atoms with van der Waals surface area (Å²) >= 11 is 0. The van der Waals surface area contributed by atoms with E-state index < -0.39 is 10.0 Å². The molecule has 98 valence electrons. The summed E-state index contributed by atoms with van der Waals surface area (Å²) in [6.07, 6.45) is 0. The SMILES string of the molecule is Cc1ccccc1C1c2ccccc2S(=O)(=O)N1C. The number of benzene rings is 2. The lowest BCUT2D eigenvalue weighted by Gasteiger charge is -2.21. The normalized spacial score (nSPS) is 21.3. The zero-order chi connectivity index (χ0) is 13.6. The molecule has 1 unspecified atom stereocenters.